The molecule has 3 aromatic rings. The molecule has 0 heterocycles. The van der Waals surface area contributed by atoms with Crippen molar-refractivity contribution in [1.29, 1.82) is 5.26 Å². The summed E-state index contributed by atoms with van der Waals surface area (Å²) in [5.41, 5.74) is 1.91. The molecular formula is C26H27N3O3S2. The number of hydrogen-bond donors (Lipinski definition) is 1. The van der Waals surface area contributed by atoms with Gasteiger partial charge in [0.1, 0.15) is 0 Å². The van der Waals surface area contributed by atoms with Crippen LogP contribution in [0.15, 0.2) is 88.7 Å². The maximum atomic E-state index is 13.3. The number of carbonyl (C=O) groups is 1. The molecule has 0 radical (unpaired) electrons. The molecule has 1 amide bonds. The fourth-order valence-electron chi connectivity index (χ4n) is 3.32. The number of thioether (sulfide) groups is 1. The van der Waals surface area contributed by atoms with E-state index in [1.165, 1.54) is 40.3 Å². The second-order valence-electron chi connectivity index (χ2n) is 7.86. The highest BCUT2D eigenvalue weighted by atomic mass is 32.2. The molecule has 0 bridgehead atoms. The topological polar surface area (TPSA) is 90.3 Å². The van der Waals surface area contributed by atoms with E-state index < -0.39 is 10.0 Å². The number of benzene rings is 3. The Bertz CT molecular complexity index is 1250. The standard InChI is InChI=1S/C26H27N3O3S2/c1-20(2)29(19-21-9-4-3-5-10-21)34(31,32)23-15-13-22(14-16-23)26(30)28-24-11-6-7-12-25(24)33-18-8-17-27/h3-7,9-16,20H,8,18-19H2,1-2H3,(H,28,30). The van der Waals surface area contributed by atoms with E-state index >= 15 is 0 Å². The van der Waals surface area contributed by atoms with Gasteiger partial charge in [-0.2, -0.15) is 9.57 Å². The molecule has 0 saturated carbocycles. The van der Waals surface area contributed by atoms with Gasteiger partial charge in [0.2, 0.25) is 10.0 Å². The SMILES string of the molecule is CC(C)N(Cc1ccccc1)S(=O)(=O)c1ccc(C(=O)Nc2ccccc2SCCC#N)cc1. The van der Waals surface area contributed by atoms with Crippen LogP contribution in [0.25, 0.3) is 0 Å². The van der Waals surface area contributed by atoms with Crippen molar-refractivity contribution in [3.8, 4) is 6.07 Å². The van der Waals surface area contributed by atoms with E-state index in [0.29, 0.717) is 23.4 Å². The smallest absolute Gasteiger partial charge is 0.255 e. The summed E-state index contributed by atoms with van der Waals surface area (Å²) in [6.45, 7) is 3.95. The first-order chi connectivity index (χ1) is 16.3. The van der Waals surface area contributed by atoms with Gasteiger partial charge in [0.05, 0.1) is 16.7 Å². The number of para-hydroxylation sites is 1. The second-order valence-corrected chi connectivity index (χ2v) is 10.9. The van der Waals surface area contributed by atoms with Crippen LogP contribution in [0.4, 0.5) is 5.69 Å². The lowest BCUT2D eigenvalue weighted by Gasteiger charge is -2.26. The van der Waals surface area contributed by atoms with Crippen LogP contribution in [0, 0.1) is 11.3 Å². The van der Waals surface area contributed by atoms with E-state index in [-0.39, 0.29) is 23.4 Å². The predicted molar refractivity (Wildman–Crippen MR) is 136 cm³/mol. The van der Waals surface area contributed by atoms with Gasteiger partial charge in [0, 0.05) is 35.2 Å². The van der Waals surface area contributed by atoms with E-state index in [4.69, 9.17) is 5.26 Å². The molecule has 34 heavy (non-hydrogen) atoms. The quantitative estimate of drug-likeness (QED) is 0.296. The predicted octanol–water partition coefficient (Wildman–Crippen LogP) is 5.54. The average molecular weight is 494 g/mol. The van der Waals surface area contributed by atoms with Crippen molar-refractivity contribution in [3.05, 3.63) is 90.0 Å². The van der Waals surface area contributed by atoms with Gasteiger partial charge in [0.15, 0.2) is 0 Å². The molecule has 0 aliphatic carbocycles. The Balaban J connectivity index is 1.76. The van der Waals surface area contributed by atoms with Gasteiger partial charge in [-0.05, 0) is 55.8 Å². The Morgan fingerprint density at radius 3 is 2.29 bits per heavy atom. The van der Waals surface area contributed by atoms with Crippen LogP contribution in [0.1, 0.15) is 36.2 Å². The Labute approximate surface area is 205 Å². The molecule has 8 heteroatoms. The fourth-order valence-corrected chi connectivity index (χ4v) is 5.81. The highest BCUT2D eigenvalue weighted by Gasteiger charge is 2.27. The summed E-state index contributed by atoms with van der Waals surface area (Å²) in [4.78, 5) is 13.8. The summed E-state index contributed by atoms with van der Waals surface area (Å²) in [6.07, 6.45) is 0.417. The first-order valence-electron chi connectivity index (χ1n) is 10.9. The van der Waals surface area contributed by atoms with Crippen LogP contribution in [-0.2, 0) is 16.6 Å². The minimum Gasteiger partial charge on any atom is -0.321 e. The highest BCUT2D eigenvalue weighted by molar-refractivity contribution is 7.99. The van der Waals surface area contributed by atoms with Gasteiger partial charge >= 0.3 is 0 Å². The number of anilines is 1. The normalized spacial score (nSPS) is 11.4. The van der Waals surface area contributed by atoms with Gasteiger partial charge in [-0.15, -0.1) is 11.8 Å². The summed E-state index contributed by atoms with van der Waals surface area (Å²) in [6, 6.07) is 24.7. The fraction of sp³-hybridized carbons (Fsp3) is 0.231. The van der Waals surface area contributed by atoms with E-state index in [2.05, 4.69) is 11.4 Å². The van der Waals surface area contributed by atoms with E-state index in [1.54, 1.807) is 6.07 Å². The Hall–Kier alpha value is -3.12. The van der Waals surface area contributed by atoms with Crippen LogP contribution in [0.2, 0.25) is 0 Å². The lowest BCUT2D eigenvalue weighted by atomic mass is 10.2. The molecule has 3 rings (SSSR count). The number of amides is 1. The zero-order valence-corrected chi connectivity index (χ0v) is 20.8. The summed E-state index contributed by atoms with van der Waals surface area (Å²) < 4.78 is 28.1. The maximum Gasteiger partial charge on any atom is 0.255 e. The zero-order chi connectivity index (χ0) is 24.6. The van der Waals surface area contributed by atoms with Crippen molar-refractivity contribution in [2.45, 2.75) is 42.6 Å². The zero-order valence-electron chi connectivity index (χ0n) is 19.1. The van der Waals surface area contributed by atoms with Crippen LogP contribution in [0.3, 0.4) is 0 Å². The molecule has 0 spiro atoms. The summed E-state index contributed by atoms with van der Waals surface area (Å²) in [5, 5.41) is 11.6. The molecule has 3 aromatic carbocycles. The lowest BCUT2D eigenvalue weighted by molar-refractivity contribution is 0.102. The summed E-state index contributed by atoms with van der Waals surface area (Å²) in [5.74, 6) is 0.299. The highest BCUT2D eigenvalue weighted by Crippen LogP contribution is 2.28. The van der Waals surface area contributed by atoms with E-state index in [0.717, 1.165) is 10.5 Å². The Morgan fingerprint density at radius 1 is 1.00 bits per heavy atom. The maximum absolute atomic E-state index is 13.3. The van der Waals surface area contributed by atoms with Crippen LogP contribution < -0.4 is 5.32 Å². The summed E-state index contributed by atoms with van der Waals surface area (Å²) in [7, 11) is -3.75. The number of sulfonamides is 1. The molecule has 0 atom stereocenters. The molecule has 0 aliphatic rings. The first-order valence-corrected chi connectivity index (χ1v) is 13.3. The Kier molecular flexibility index (Phi) is 8.88. The van der Waals surface area contributed by atoms with Crippen molar-refractivity contribution in [3.63, 3.8) is 0 Å². The molecule has 0 fully saturated rings. The molecule has 0 unspecified atom stereocenters. The number of hydrogen-bond acceptors (Lipinski definition) is 5. The van der Waals surface area contributed by atoms with Crippen molar-refractivity contribution >= 4 is 33.4 Å². The largest absolute Gasteiger partial charge is 0.321 e. The Morgan fingerprint density at radius 2 is 1.65 bits per heavy atom. The van der Waals surface area contributed by atoms with Gasteiger partial charge in [-0.3, -0.25) is 4.79 Å². The molecule has 0 saturated heterocycles. The molecule has 176 valence electrons. The number of carbonyl (C=O) groups excluding carboxylic acids is 1. The average Bonchev–Trinajstić information content (AvgIpc) is 2.84. The minimum atomic E-state index is -3.75. The molecule has 0 aromatic heterocycles. The number of nitriles is 1. The number of rotatable bonds is 10. The second kappa shape index (κ2) is 11.8. The van der Waals surface area contributed by atoms with Gasteiger partial charge in [-0.25, -0.2) is 8.42 Å². The first kappa shape index (κ1) is 25.5. The lowest BCUT2D eigenvalue weighted by Crippen LogP contribution is -2.36. The van der Waals surface area contributed by atoms with Crippen molar-refractivity contribution in [2.75, 3.05) is 11.1 Å². The monoisotopic (exact) mass is 493 g/mol. The van der Waals surface area contributed by atoms with E-state index in [9.17, 15) is 13.2 Å². The van der Waals surface area contributed by atoms with Crippen LogP contribution in [-0.4, -0.2) is 30.4 Å². The van der Waals surface area contributed by atoms with Gasteiger partial charge in [0.25, 0.3) is 5.91 Å². The van der Waals surface area contributed by atoms with E-state index in [1.807, 2.05) is 62.4 Å². The van der Waals surface area contributed by atoms with Crippen molar-refractivity contribution in [1.82, 2.24) is 4.31 Å². The molecule has 1 N–H and O–H groups in total. The third-order valence-electron chi connectivity index (χ3n) is 5.09. The number of nitrogens with zero attached hydrogens (tertiary/aromatic N) is 2. The molecule has 6 nitrogen and oxygen atoms in total. The third kappa shape index (κ3) is 6.48. The van der Waals surface area contributed by atoms with Gasteiger partial charge in [-0.1, -0.05) is 42.5 Å². The van der Waals surface area contributed by atoms with Crippen molar-refractivity contribution in [2.24, 2.45) is 0 Å². The van der Waals surface area contributed by atoms with Crippen LogP contribution >= 0.6 is 11.8 Å². The summed E-state index contributed by atoms with van der Waals surface area (Å²) >= 11 is 1.50. The third-order valence-corrected chi connectivity index (χ3v) is 8.20. The number of nitrogens with one attached hydrogen (secondary N) is 1. The molecular weight excluding hydrogens is 466 g/mol. The molecule has 0 aliphatic heterocycles. The van der Waals surface area contributed by atoms with Gasteiger partial charge < -0.3 is 5.32 Å². The minimum absolute atomic E-state index is 0.140. The van der Waals surface area contributed by atoms with Crippen molar-refractivity contribution < 1.29 is 13.2 Å². The van der Waals surface area contributed by atoms with Crippen LogP contribution in [0.5, 0.6) is 0 Å².